The molecule has 3 unspecified atom stereocenters. The summed E-state index contributed by atoms with van der Waals surface area (Å²) >= 11 is 6.23. The molecule has 1 saturated heterocycles. The highest BCUT2D eigenvalue weighted by atomic mass is 35.5. The highest BCUT2D eigenvalue weighted by Gasteiger charge is 2.34. The van der Waals surface area contributed by atoms with Gasteiger partial charge in [0.1, 0.15) is 0 Å². The first-order valence-corrected chi connectivity index (χ1v) is 8.38. The molecular formula is C17H25ClN2. The van der Waals surface area contributed by atoms with Crippen molar-refractivity contribution >= 4 is 17.3 Å². The van der Waals surface area contributed by atoms with Gasteiger partial charge in [-0.3, -0.25) is 0 Å². The molecule has 3 rings (SSSR count). The molecule has 20 heavy (non-hydrogen) atoms. The molecule has 1 aromatic carbocycles. The number of benzene rings is 1. The van der Waals surface area contributed by atoms with Crippen LogP contribution < -0.4 is 10.6 Å². The first-order chi connectivity index (χ1) is 9.74. The van der Waals surface area contributed by atoms with Crippen LogP contribution in [0.15, 0.2) is 18.2 Å². The second-order valence-electron chi connectivity index (χ2n) is 6.37. The molecule has 0 amide bonds. The first kappa shape index (κ1) is 14.2. The summed E-state index contributed by atoms with van der Waals surface area (Å²) in [4.78, 5) is 0. The molecule has 110 valence electrons. The Hall–Kier alpha value is -0.730. The summed E-state index contributed by atoms with van der Waals surface area (Å²) < 4.78 is 0. The number of hydrogen-bond acceptors (Lipinski definition) is 2. The van der Waals surface area contributed by atoms with Gasteiger partial charge in [-0.2, -0.15) is 0 Å². The van der Waals surface area contributed by atoms with E-state index in [1.165, 1.54) is 50.8 Å². The lowest BCUT2D eigenvalue weighted by atomic mass is 9.88. The Balaban J connectivity index is 1.67. The molecule has 1 heterocycles. The fourth-order valence-electron chi connectivity index (χ4n) is 3.79. The van der Waals surface area contributed by atoms with Gasteiger partial charge in [0.2, 0.25) is 0 Å². The van der Waals surface area contributed by atoms with E-state index in [0.29, 0.717) is 12.1 Å². The molecule has 2 nitrogen and oxygen atoms in total. The SMILES string of the molecule is Cc1ccc(NC2CCCC2C2CCCCN2)cc1Cl. The minimum Gasteiger partial charge on any atom is -0.382 e. The van der Waals surface area contributed by atoms with E-state index in [9.17, 15) is 0 Å². The summed E-state index contributed by atoms with van der Waals surface area (Å²) in [5.74, 6) is 0.773. The van der Waals surface area contributed by atoms with Crippen molar-refractivity contribution in [2.24, 2.45) is 5.92 Å². The summed E-state index contributed by atoms with van der Waals surface area (Å²) in [7, 11) is 0. The Morgan fingerprint density at radius 3 is 2.80 bits per heavy atom. The van der Waals surface area contributed by atoms with Gasteiger partial charge >= 0.3 is 0 Å². The zero-order valence-electron chi connectivity index (χ0n) is 12.3. The Morgan fingerprint density at radius 1 is 1.15 bits per heavy atom. The summed E-state index contributed by atoms with van der Waals surface area (Å²) in [6, 6.07) is 7.65. The topological polar surface area (TPSA) is 24.1 Å². The van der Waals surface area contributed by atoms with Crippen LogP contribution in [0, 0.1) is 12.8 Å². The van der Waals surface area contributed by atoms with Crippen molar-refractivity contribution in [1.82, 2.24) is 5.32 Å². The molecular weight excluding hydrogens is 268 g/mol. The maximum atomic E-state index is 6.23. The smallest absolute Gasteiger partial charge is 0.0455 e. The maximum absolute atomic E-state index is 6.23. The largest absolute Gasteiger partial charge is 0.382 e. The van der Waals surface area contributed by atoms with Gasteiger partial charge in [0.15, 0.2) is 0 Å². The third kappa shape index (κ3) is 3.12. The molecule has 1 aromatic rings. The van der Waals surface area contributed by atoms with Crippen molar-refractivity contribution in [3.05, 3.63) is 28.8 Å². The average molecular weight is 293 g/mol. The monoisotopic (exact) mass is 292 g/mol. The molecule has 3 atom stereocenters. The minimum atomic E-state index is 0.601. The van der Waals surface area contributed by atoms with Crippen LogP contribution in [-0.2, 0) is 0 Å². The predicted molar refractivity (Wildman–Crippen MR) is 86.6 cm³/mol. The van der Waals surface area contributed by atoms with Gasteiger partial charge in [-0.05, 0) is 62.8 Å². The summed E-state index contributed by atoms with van der Waals surface area (Å²) in [6.45, 7) is 3.25. The van der Waals surface area contributed by atoms with Crippen molar-refractivity contribution in [2.75, 3.05) is 11.9 Å². The molecule has 0 bridgehead atoms. The number of halogens is 1. The molecule has 0 spiro atoms. The van der Waals surface area contributed by atoms with Crippen LogP contribution in [-0.4, -0.2) is 18.6 Å². The average Bonchev–Trinajstić information content (AvgIpc) is 2.92. The van der Waals surface area contributed by atoms with Crippen LogP contribution in [0.4, 0.5) is 5.69 Å². The van der Waals surface area contributed by atoms with Crippen molar-refractivity contribution in [3.8, 4) is 0 Å². The quantitative estimate of drug-likeness (QED) is 0.864. The lowest BCUT2D eigenvalue weighted by Gasteiger charge is -2.33. The number of aryl methyl sites for hydroxylation is 1. The second kappa shape index (κ2) is 6.36. The van der Waals surface area contributed by atoms with E-state index in [2.05, 4.69) is 35.8 Å². The number of piperidine rings is 1. The Kier molecular flexibility index (Phi) is 4.52. The highest BCUT2D eigenvalue weighted by molar-refractivity contribution is 6.31. The molecule has 2 N–H and O–H groups in total. The van der Waals surface area contributed by atoms with Crippen LogP contribution in [0.2, 0.25) is 5.02 Å². The molecule has 0 radical (unpaired) electrons. The van der Waals surface area contributed by atoms with Gasteiger partial charge in [-0.15, -0.1) is 0 Å². The van der Waals surface area contributed by atoms with E-state index in [0.717, 1.165) is 16.5 Å². The fraction of sp³-hybridized carbons (Fsp3) is 0.647. The summed E-state index contributed by atoms with van der Waals surface area (Å²) in [5, 5.41) is 8.32. The lowest BCUT2D eigenvalue weighted by Crippen LogP contribution is -2.44. The van der Waals surface area contributed by atoms with Gasteiger partial charge in [-0.25, -0.2) is 0 Å². The highest BCUT2D eigenvalue weighted by Crippen LogP contribution is 2.34. The fourth-order valence-corrected chi connectivity index (χ4v) is 3.97. The van der Waals surface area contributed by atoms with Crippen LogP contribution in [0.5, 0.6) is 0 Å². The minimum absolute atomic E-state index is 0.601. The number of hydrogen-bond donors (Lipinski definition) is 2. The van der Waals surface area contributed by atoms with Gasteiger partial charge in [0.25, 0.3) is 0 Å². The molecule has 0 aromatic heterocycles. The van der Waals surface area contributed by atoms with E-state index in [1.54, 1.807) is 0 Å². The van der Waals surface area contributed by atoms with E-state index in [4.69, 9.17) is 11.6 Å². The third-order valence-corrected chi connectivity index (χ3v) is 5.37. The zero-order valence-corrected chi connectivity index (χ0v) is 13.0. The maximum Gasteiger partial charge on any atom is 0.0455 e. The standard InChI is InChI=1S/C17H25ClN2/c1-12-8-9-13(11-15(12)18)20-17-7-4-5-14(17)16-6-2-3-10-19-16/h8-9,11,14,16-17,19-20H,2-7,10H2,1H3. The zero-order chi connectivity index (χ0) is 13.9. The van der Waals surface area contributed by atoms with Crippen LogP contribution in [0.3, 0.4) is 0 Å². The number of rotatable bonds is 3. The second-order valence-corrected chi connectivity index (χ2v) is 6.77. The summed E-state index contributed by atoms with van der Waals surface area (Å²) in [6.07, 6.45) is 8.06. The molecule has 1 saturated carbocycles. The number of nitrogens with one attached hydrogen (secondary N) is 2. The van der Waals surface area contributed by atoms with Crippen LogP contribution in [0.25, 0.3) is 0 Å². The molecule has 2 fully saturated rings. The van der Waals surface area contributed by atoms with E-state index in [-0.39, 0.29) is 0 Å². The molecule has 3 heteroatoms. The Labute approximate surface area is 127 Å². The van der Waals surface area contributed by atoms with Gasteiger partial charge in [-0.1, -0.05) is 30.5 Å². The van der Waals surface area contributed by atoms with Crippen molar-refractivity contribution < 1.29 is 0 Å². The van der Waals surface area contributed by atoms with Gasteiger partial charge in [0.05, 0.1) is 0 Å². The van der Waals surface area contributed by atoms with E-state index in [1.807, 2.05) is 0 Å². The summed E-state index contributed by atoms with van der Waals surface area (Å²) in [5.41, 5.74) is 2.32. The lowest BCUT2D eigenvalue weighted by molar-refractivity contribution is 0.286. The van der Waals surface area contributed by atoms with Crippen LogP contribution in [0.1, 0.15) is 44.1 Å². The van der Waals surface area contributed by atoms with Crippen molar-refractivity contribution in [2.45, 2.75) is 57.5 Å². The molecule has 1 aliphatic carbocycles. The van der Waals surface area contributed by atoms with Crippen LogP contribution >= 0.6 is 11.6 Å². The Bertz CT molecular complexity index is 454. The van der Waals surface area contributed by atoms with E-state index < -0.39 is 0 Å². The van der Waals surface area contributed by atoms with E-state index >= 15 is 0 Å². The Morgan fingerprint density at radius 2 is 2.05 bits per heavy atom. The third-order valence-electron chi connectivity index (χ3n) is 4.96. The van der Waals surface area contributed by atoms with Gasteiger partial charge in [0, 0.05) is 22.8 Å². The first-order valence-electron chi connectivity index (χ1n) is 8.00. The molecule has 2 aliphatic rings. The number of anilines is 1. The molecule has 1 aliphatic heterocycles. The normalized spacial score (nSPS) is 30.4. The predicted octanol–water partition coefficient (Wildman–Crippen LogP) is 4.37. The van der Waals surface area contributed by atoms with Crippen molar-refractivity contribution in [3.63, 3.8) is 0 Å². The van der Waals surface area contributed by atoms with Gasteiger partial charge < -0.3 is 10.6 Å². The van der Waals surface area contributed by atoms with Crippen molar-refractivity contribution in [1.29, 1.82) is 0 Å².